The third kappa shape index (κ3) is 2.87. The Morgan fingerprint density at radius 1 is 1.00 bits per heavy atom. The molecule has 1 aliphatic rings. The van der Waals surface area contributed by atoms with E-state index in [2.05, 4.69) is 34.0 Å². The van der Waals surface area contributed by atoms with Crippen molar-refractivity contribution < 1.29 is 4.79 Å². The number of hydrogen-bond acceptors (Lipinski definition) is 1. The Morgan fingerprint density at radius 2 is 1.75 bits per heavy atom. The number of benzene rings is 2. The van der Waals surface area contributed by atoms with Crippen LogP contribution >= 0.6 is 22.6 Å². The normalized spacial score (nSPS) is 13.7. The van der Waals surface area contributed by atoms with Gasteiger partial charge in [0.15, 0.2) is 0 Å². The zero-order valence-corrected chi connectivity index (χ0v) is 13.3. The molecule has 2 nitrogen and oxygen atoms in total. The first-order chi connectivity index (χ1) is 9.74. The van der Waals surface area contributed by atoms with Gasteiger partial charge in [-0.05, 0) is 89.7 Å². The second kappa shape index (κ2) is 5.95. The number of amides is 1. The molecule has 20 heavy (non-hydrogen) atoms. The van der Waals surface area contributed by atoms with E-state index in [4.69, 9.17) is 0 Å². The van der Waals surface area contributed by atoms with Crippen LogP contribution in [0.1, 0.15) is 34.3 Å². The third-order valence-electron chi connectivity index (χ3n) is 3.74. The maximum atomic E-state index is 12.5. The molecular formula is C17H16INO. The molecule has 0 unspecified atom stereocenters. The average molecular weight is 377 g/mol. The second-order valence-electron chi connectivity index (χ2n) is 5.11. The van der Waals surface area contributed by atoms with Gasteiger partial charge in [0.2, 0.25) is 0 Å². The number of anilines is 1. The summed E-state index contributed by atoms with van der Waals surface area (Å²) in [4.78, 5) is 12.5. The standard InChI is InChI=1S/C17H16INO/c18-13-8-10-14(11-9-13)19-17(20)16-7-3-5-12-4-1-2-6-15(12)16/h3,5,7-11H,1-2,4,6H2,(H,19,20). The molecule has 0 heterocycles. The van der Waals surface area contributed by atoms with Crippen LogP contribution in [0.25, 0.3) is 0 Å². The Hall–Kier alpha value is -1.36. The quantitative estimate of drug-likeness (QED) is 0.772. The van der Waals surface area contributed by atoms with E-state index in [1.807, 2.05) is 36.4 Å². The van der Waals surface area contributed by atoms with Crippen molar-refractivity contribution in [1.82, 2.24) is 0 Å². The predicted molar refractivity (Wildman–Crippen MR) is 90.2 cm³/mol. The highest BCUT2D eigenvalue weighted by molar-refractivity contribution is 14.1. The summed E-state index contributed by atoms with van der Waals surface area (Å²) < 4.78 is 1.16. The monoisotopic (exact) mass is 377 g/mol. The Bertz CT molecular complexity index is 634. The van der Waals surface area contributed by atoms with Gasteiger partial charge in [0.05, 0.1) is 0 Å². The highest BCUT2D eigenvalue weighted by Crippen LogP contribution is 2.25. The molecule has 3 rings (SSSR count). The molecule has 1 N–H and O–H groups in total. The van der Waals surface area contributed by atoms with Crippen LogP contribution in [0.3, 0.4) is 0 Å². The van der Waals surface area contributed by atoms with Gasteiger partial charge < -0.3 is 5.32 Å². The highest BCUT2D eigenvalue weighted by Gasteiger charge is 2.17. The van der Waals surface area contributed by atoms with Crippen LogP contribution < -0.4 is 5.32 Å². The number of carbonyl (C=O) groups is 1. The van der Waals surface area contributed by atoms with E-state index in [-0.39, 0.29) is 5.91 Å². The van der Waals surface area contributed by atoms with Crippen LogP contribution in [0, 0.1) is 3.57 Å². The molecule has 0 saturated heterocycles. The molecule has 1 aliphatic carbocycles. The molecule has 0 fully saturated rings. The van der Waals surface area contributed by atoms with Gasteiger partial charge in [0.1, 0.15) is 0 Å². The molecule has 2 aromatic carbocycles. The number of carbonyl (C=O) groups excluding carboxylic acids is 1. The van der Waals surface area contributed by atoms with Crippen LogP contribution in [0.15, 0.2) is 42.5 Å². The molecule has 0 atom stereocenters. The van der Waals surface area contributed by atoms with Crippen molar-refractivity contribution in [1.29, 1.82) is 0 Å². The number of fused-ring (bicyclic) bond motifs is 1. The zero-order chi connectivity index (χ0) is 13.9. The number of hydrogen-bond donors (Lipinski definition) is 1. The number of aryl methyl sites for hydroxylation is 1. The molecule has 0 spiro atoms. The Morgan fingerprint density at radius 3 is 2.55 bits per heavy atom. The topological polar surface area (TPSA) is 29.1 Å². The molecule has 0 saturated carbocycles. The van der Waals surface area contributed by atoms with Crippen molar-refractivity contribution in [3.8, 4) is 0 Å². The lowest BCUT2D eigenvalue weighted by Gasteiger charge is -2.18. The zero-order valence-electron chi connectivity index (χ0n) is 11.2. The van der Waals surface area contributed by atoms with Gasteiger partial charge in [0, 0.05) is 14.8 Å². The summed E-state index contributed by atoms with van der Waals surface area (Å²) in [5, 5.41) is 2.99. The van der Waals surface area contributed by atoms with Crippen LogP contribution in [0.5, 0.6) is 0 Å². The molecular weight excluding hydrogens is 361 g/mol. The summed E-state index contributed by atoms with van der Waals surface area (Å²) >= 11 is 2.26. The van der Waals surface area contributed by atoms with Gasteiger partial charge in [-0.25, -0.2) is 0 Å². The lowest BCUT2D eigenvalue weighted by atomic mass is 9.88. The Labute approximate surface area is 132 Å². The van der Waals surface area contributed by atoms with E-state index in [1.165, 1.54) is 24.0 Å². The predicted octanol–water partition coefficient (Wildman–Crippen LogP) is 4.42. The summed E-state index contributed by atoms with van der Waals surface area (Å²) in [6, 6.07) is 14.0. The number of halogens is 1. The summed E-state index contributed by atoms with van der Waals surface area (Å²) in [6.45, 7) is 0. The first-order valence-corrected chi connectivity index (χ1v) is 7.99. The van der Waals surface area contributed by atoms with E-state index in [9.17, 15) is 4.79 Å². The fourth-order valence-electron chi connectivity index (χ4n) is 2.73. The van der Waals surface area contributed by atoms with Crippen molar-refractivity contribution in [2.75, 3.05) is 5.32 Å². The molecule has 0 radical (unpaired) electrons. The van der Waals surface area contributed by atoms with Gasteiger partial charge in [-0.3, -0.25) is 4.79 Å². The largest absolute Gasteiger partial charge is 0.322 e. The molecule has 3 heteroatoms. The molecule has 1 amide bonds. The van der Waals surface area contributed by atoms with Gasteiger partial charge in [-0.15, -0.1) is 0 Å². The molecule has 0 aliphatic heterocycles. The highest BCUT2D eigenvalue weighted by atomic mass is 127. The van der Waals surface area contributed by atoms with Gasteiger partial charge in [-0.2, -0.15) is 0 Å². The minimum atomic E-state index is 0.00459. The maximum Gasteiger partial charge on any atom is 0.255 e. The third-order valence-corrected chi connectivity index (χ3v) is 4.46. The molecule has 0 bridgehead atoms. The van der Waals surface area contributed by atoms with Crippen molar-refractivity contribution in [3.63, 3.8) is 0 Å². The second-order valence-corrected chi connectivity index (χ2v) is 6.36. The summed E-state index contributed by atoms with van der Waals surface area (Å²) in [7, 11) is 0. The summed E-state index contributed by atoms with van der Waals surface area (Å²) in [5.74, 6) is 0.00459. The summed E-state index contributed by atoms with van der Waals surface area (Å²) in [6.07, 6.45) is 4.53. The van der Waals surface area contributed by atoms with Crippen molar-refractivity contribution in [3.05, 3.63) is 62.7 Å². The lowest BCUT2D eigenvalue weighted by Crippen LogP contribution is -2.17. The average Bonchev–Trinajstić information content (AvgIpc) is 2.49. The minimum Gasteiger partial charge on any atom is -0.322 e. The van der Waals surface area contributed by atoms with E-state index in [1.54, 1.807) is 0 Å². The van der Waals surface area contributed by atoms with Gasteiger partial charge in [-0.1, -0.05) is 12.1 Å². The number of nitrogens with one attached hydrogen (secondary N) is 1. The number of rotatable bonds is 2. The first-order valence-electron chi connectivity index (χ1n) is 6.92. The fraction of sp³-hybridized carbons (Fsp3) is 0.235. The van der Waals surface area contributed by atoms with E-state index in [0.717, 1.165) is 27.7 Å². The Balaban J connectivity index is 1.85. The van der Waals surface area contributed by atoms with E-state index in [0.29, 0.717) is 0 Å². The lowest BCUT2D eigenvalue weighted by molar-refractivity contribution is 0.102. The smallest absolute Gasteiger partial charge is 0.255 e. The Kier molecular flexibility index (Phi) is 4.05. The molecule has 2 aromatic rings. The van der Waals surface area contributed by atoms with Gasteiger partial charge in [0.25, 0.3) is 5.91 Å². The van der Waals surface area contributed by atoms with Crippen molar-refractivity contribution in [2.24, 2.45) is 0 Å². The molecule has 102 valence electrons. The van der Waals surface area contributed by atoms with Crippen LogP contribution in [-0.2, 0) is 12.8 Å². The summed E-state index contributed by atoms with van der Waals surface area (Å²) in [5.41, 5.74) is 4.26. The fourth-order valence-corrected chi connectivity index (χ4v) is 3.09. The SMILES string of the molecule is O=C(Nc1ccc(I)cc1)c1cccc2c1CCCC2. The van der Waals surface area contributed by atoms with Gasteiger partial charge >= 0.3 is 0 Å². The van der Waals surface area contributed by atoms with Crippen LogP contribution in [0.4, 0.5) is 5.69 Å². The van der Waals surface area contributed by atoms with Crippen molar-refractivity contribution in [2.45, 2.75) is 25.7 Å². The first kappa shape index (κ1) is 13.6. The molecule has 0 aromatic heterocycles. The van der Waals surface area contributed by atoms with E-state index < -0.39 is 0 Å². The van der Waals surface area contributed by atoms with Crippen LogP contribution in [-0.4, -0.2) is 5.91 Å². The van der Waals surface area contributed by atoms with Crippen molar-refractivity contribution >= 4 is 34.2 Å². The minimum absolute atomic E-state index is 0.00459. The maximum absolute atomic E-state index is 12.5. The van der Waals surface area contributed by atoms with E-state index >= 15 is 0 Å². The van der Waals surface area contributed by atoms with Crippen LogP contribution in [0.2, 0.25) is 0 Å².